The minimum atomic E-state index is 0.420. The van der Waals surface area contributed by atoms with E-state index < -0.39 is 0 Å². The van der Waals surface area contributed by atoms with Gasteiger partial charge in [-0.1, -0.05) is 30.3 Å². The Labute approximate surface area is 91.9 Å². The number of hydrogen-bond donors (Lipinski definition) is 1. The zero-order valence-corrected chi connectivity index (χ0v) is 8.75. The molecule has 0 amide bonds. The number of nitrogens with one attached hydrogen (secondary N) is 1. The molecule has 0 aliphatic carbocycles. The largest absolute Gasteiger partial charge is 0.340 e. The fourth-order valence-electron chi connectivity index (χ4n) is 1.87. The molecule has 0 aliphatic heterocycles. The van der Waals surface area contributed by atoms with Gasteiger partial charge in [-0.15, -0.1) is 11.6 Å². The Bertz CT molecular complexity index is 628. The monoisotopic (exact) mass is 216 g/mol. The van der Waals surface area contributed by atoms with Crippen LogP contribution in [0.5, 0.6) is 0 Å². The Morgan fingerprint density at radius 2 is 2.00 bits per heavy atom. The zero-order chi connectivity index (χ0) is 10.3. The molecule has 3 aromatic rings. The highest BCUT2D eigenvalue weighted by Crippen LogP contribution is 2.23. The van der Waals surface area contributed by atoms with Crippen LogP contribution in [0.25, 0.3) is 21.8 Å². The Hall–Kier alpha value is -1.54. The lowest BCUT2D eigenvalue weighted by molar-refractivity contribution is 1.14. The number of aromatic amines is 1. The van der Waals surface area contributed by atoms with Gasteiger partial charge in [-0.05, 0) is 11.5 Å². The maximum Gasteiger partial charge on any atom is 0.122 e. The molecule has 1 aromatic heterocycles. The first-order valence-electron chi connectivity index (χ1n) is 4.81. The van der Waals surface area contributed by atoms with Crippen LogP contribution < -0.4 is 0 Å². The van der Waals surface area contributed by atoms with Crippen LogP contribution in [0.2, 0.25) is 0 Å². The summed E-state index contributed by atoms with van der Waals surface area (Å²) in [4.78, 5) is 7.64. The number of benzene rings is 2. The van der Waals surface area contributed by atoms with E-state index in [9.17, 15) is 0 Å². The average Bonchev–Trinajstić information content (AvgIpc) is 2.72. The molecule has 0 unspecified atom stereocenters. The van der Waals surface area contributed by atoms with Gasteiger partial charge in [0, 0.05) is 5.39 Å². The molecule has 15 heavy (non-hydrogen) atoms. The van der Waals surface area contributed by atoms with Gasteiger partial charge in [-0.25, -0.2) is 4.98 Å². The van der Waals surface area contributed by atoms with Gasteiger partial charge in [-0.2, -0.15) is 0 Å². The first-order chi connectivity index (χ1) is 7.38. The molecule has 0 radical (unpaired) electrons. The van der Waals surface area contributed by atoms with Gasteiger partial charge in [0.1, 0.15) is 5.82 Å². The Morgan fingerprint density at radius 3 is 2.87 bits per heavy atom. The molecule has 0 spiro atoms. The summed E-state index contributed by atoms with van der Waals surface area (Å²) in [6.45, 7) is 0. The van der Waals surface area contributed by atoms with Crippen molar-refractivity contribution in [1.29, 1.82) is 0 Å². The van der Waals surface area contributed by atoms with Crippen LogP contribution in [0.1, 0.15) is 5.82 Å². The summed E-state index contributed by atoms with van der Waals surface area (Å²) in [6.07, 6.45) is 0. The molecule has 1 heterocycles. The topological polar surface area (TPSA) is 28.7 Å². The van der Waals surface area contributed by atoms with Gasteiger partial charge in [0.15, 0.2) is 0 Å². The number of alkyl halides is 1. The van der Waals surface area contributed by atoms with E-state index in [0.29, 0.717) is 5.88 Å². The molecular formula is C12H9ClN2. The number of H-pyrrole nitrogens is 1. The molecule has 0 saturated carbocycles. The van der Waals surface area contributed by atoms with Crippen molar-refractivity contribution in [3.05, 3.63) is 42.2 Å². The van der Waals surface area contributed by atoms with E-state index in [1.54, 1.807) is 0 Å². The Balaban J connectivity index is 2.47. The minimum absolute atomic E-state index is 0.420. The molecule has 0 aliphatic rings. The van der Waals surface area contributed by atoms with Crippen molar-refractivity contribution in [2.24, 2.45) is 0 Å². The molecule has 0 bridgehead atoms. The van der Waals surface area contributed by atoms with E-state index in [1.807, 2.05) is 18.2 Å². The Kier molecular flexibility index (Phi) is 1.89. The number of rotatable bonds is 1. The highest BCUT2D eigenvalue weighted by molar-refractivity contribution is 6.17. The lowest BCUT2D eigenvalue weighted by atomic mass is 10.1. The van der Waals surface area contributed by atoms with Crippen LogP contribution in [0.4, 0.5) is 0 Å². The summed E-state index contributed by atoms with van der Waals surface area (Å²) >= 11 is 5.76. The summed E-state index contributed by atoms with van der Waals surface area (Å²) in [7, 11) is 0. The van der Waals surface area contributed by atoms with Crippen LogP contribution in [-0.4, -0.2) is 9.97 Å². The molecule has 2 aromatic carbocycles. The van der Waals surface area contributed by atoms with Crippen LogP contribution in [0.15, 0.2) is 36.4 Å². The van der Waals surface area contributed by atoms with E-state index in [4.69, 9.17) is 11.6 Å². The maximum atomic E-state index is 5.76. The lowest BCUT2D eigenvalue weighted by Crippen LogP contribution is -1.77. The van der Waals surface area contributed by atoms with Gasteiger partial charge in [0.2, 0.25) is 0 Å². The fraction of sp³-hybridized carbons (Fsp3) is 0.0833. The first-order valence-corrected chi connectivity index (χ1v) is 5.34. The summed E-state index contributed by atoms with van der Waals surface area (Å²) in [6, 6.07) is 12.3. The number of hydrogen-bond acceptors (Lipinski definition) is 1. The summed E-state index contributed by atoms with van der Waals surface area (Å²) in [5.41, 5.74) is 2.05. The van der Waals surface area contributed by atoms with E-state index in [0.717, 1.165) is 16.9 Å². The van der Waals surface area contributed by atoms with Gasteiger partial charge in [-0.3, -0.25) is 0 Å². The number of nitrogens with zero attached hydrogens (tertiary/aromatic N) is 1. The van der Waals surface area contributed by atoms with Crippen molar-refractivity contribution >= 4 is 33.4 Å². The summed E-state index contributed by atoms with van der Waals surface area (Å²) in [5, 5.41) is 2.41. The van der Waals surface area contributed by atoms with Gasteiger partial charge >= 0.3 is 0 Å². The van der Waals surface area contributed by atoms with Crippen molar-refractivity contribution in [1.82, 2.24) is 9.97 Å². The quantitative estimate of drug-likeness (QED) is 0.620. The highest BCUT2D eigenvalue weighted by atomic mass is 35.5. The summed E-state index contributed by atoms with van der Waals surface area (Å²) in [5.74, 6) is 1.24. The smallest absolute Gasteiger partial charge is 0.122 e. The molecule has 0 saturated heterocycles. The van der Waals surface area contributed by atoms with Gasteiger partial charge in [0.05, 0.1) is 16.9 Å². The van der Waals surface area contributed by atoms with Gasteiger partial charge in [0.25, 0.3) is 0 Å². The van der Waals surface area contributed by atoms with E-state index >= 15 is 0 Å². The normalized spacial score (nSPS) is 11.3. The van der Waals surface area contributed by atoms with Gasteiger partial charge < -0.3 is 4.98 Å². The first kappa shape index (κ1) is 8.74. The summed E-state index contributed by atoms with van der Waals surface area (Å²) < 4.78 is 0. The third kappa shape index (κ3) is 1.29. The second-order valence-electron chi connectivity index (χ2n) is 3.50. The molecule has 0 fully saturated rings. The molecule has 0 atom stereocenters. The van der Waals surface area contributed by atoms with E-state index in [1.165, 1.54) is 10.8 Å². The van der Waals surface area contributed by atoms with Crippen molar-refractivity contribution < 1.29 is 0 Å². The van der Waals surface area contributed by atoms with Crippen LogP contribution in [0.3, 0.4) is 0 Å². The zero-order valence-electron chi connectivity index (χ0n) is 8.00. The predicted molar refractivity (Wildman–Crippen MR) is 63.2 cm³/mol. The Morgan fingerprint density at radius 1 is 1.13 bits per heavy atom. The third-order valence-corrected chi connectivity index (χ3v) is 2.81. The average molecular weight is 217 g/mol. The van der Waals surface area contributed by atoms with Crippen molar-refractivity contribution in [3.63, 3.8) is 0 Å². The molecule has 3 rings (SSSR count). The van der Waals surface area contributed by atoms with E-state index in [2.05, 4.69) is 28.2 Å². The predicted octanol–water partition coefficient (Wildman–Crippen LogP) is 3.45. The van der Waals surface area contributed by atoms with Crippen LogP contribution >= 0.6 is 11.6 Å². The highest BCUT2D eigenvalue weighted by Gasteiger charge is 2.04. The second-order valence-corrected chi connectivity index (χ2v) is 3.77. The molecule has 2 nitrogen and oxygen atoms in total. The molecular weight excluding hydrogens is 208 g/mol. The lowest BCUT2D eigenvalue weighted by Gasteiger charge is -1.96. The van der Waals surface area contributed by atoms with Crippen molar-refractivity contribution in [2.45, 2.75) is 5.88 Å². The van der Waals surface area contributed by atoms with E-state index in [-0.39, 0.29) is 0 Å². The number of halogens is 1. The second kappa shape index (κ2) is 3.24. The molecule has 3 heteroatoms. The fourth-order valence-corrected chi connectivity index (χ4v) is 1.99. The minimum Gasteiger partial charge on any atom is -0.340 e. The third-order valence-electron chi connectivity index (χ3n) is 2.56. The maximum absolute atomic E-state index is 5.76. The number of imidazole rings is 1. The number of aromatic nitrogens is 2. The van der Waals surface area contributed by atoms with Crippen molar-refractivity contribution in [2.75, 3.05) is 0 Å². The van der Waals surface area contributed by atoms with Crippen LogP contribution in [-0.2, 0) is 5.88 Å². The molecule has 1 N–H and O–H groups in total. The molecule has 74 valence electrons. The number of fused-ring (bicyclic) bond motifs is 3. The van der Waals surface area contributed by atoms with Crippen LogP contribution in [0, 0.1) is 0 Å². The SMILES string of the molecule is ClCc1nc2ccc3ccccc3c2[nH]1. The standard InChI is InChI=1S/C12H9ClN2/c13-7-11-14-10-6-5-8-3-1-2-4-9(8)12(10)15-11/h1-6H,7H2,(H,14,15). The van der Waals surface area contributed by atoms with Crippen molar-refractivity contribution in [3.8, 4) is 0 Å².